The van der Waals surface area contributed by atoms with Crippen molar-refractivity contribution >= 4 is 0 Å². The number of rotatable bonds is 4. The summed E-state index contributed by atoms with van der Waals surface area (Å²) in [6.07, 6.45) is 0.277. The van der Waals surface area contributed by atoms with Crippen molar-refractivity contribution < 1.29 is 9.84 Å². The summed E-state index contributed by atoms with van der Waals surface area (Å²) in [5.74, 6) is 6.53. The predicted molar refractivity (Wildman–Crippen MR) is 60.6 cm³/mol. The molecule has 0 aliphatic carbocycles. The minimum absolute atomic E-state index is 0.455. The lowest BCUT2D eigenvalue weighted by atomic mass is 10.1. The Labute approximate surface area is 90.9 Å². The van der Waals surface area contributed by atoms with Crippen molar-refractivity contribution in [3.05, 3.63) is 29.8 Å². The number of benzene rings is 1. The maximum absolute atomic E-state index is 9.38. The van der Waals surface area contributed by atoms with Gasteiger partial charge in [0.2, 0.25) is 0 Å². The average Bonchev–Trinajstić information content (AvgIpc) is 2.25. The molecule has 2 nitrogen and oxygen atoms in total. The van der Waals surface area contributed by atoms with Gasteiger partial charge in [-0.25, -0.2) is 0 Å². The Kier molecular flexibility index (Phi) is 4.73. The fourth-order valence-corrected chi connectivity index (χ4v) is 1.21. The van der Waals surface area contributed by atoms with E-state index in [1.807, 2.05) is 31.2 Å². The minimum atomic E-state index is -0.455. The predicted octanol–water partition coefficient (Wildman–Crippen LogP) is 2.53. The highest BCUT2D eigenvalue weighted by atomic mass is 16.5. The van der Waals surface area contributed by atoms with Gasteiger partial charge >= 0.3 is 0 Å². The van der Waals surface area contributed by atoms with E-state index in [0.717, 1.165) is 17.7 Å². The van der Waals surface area contributed by atoms with Gasteiger partial charge in [-0.05, 0) is 31.5 Å². The second-order valence-electron chi connectivity index (χ2n) is 3.27. The van der Waals surface area contributed by atoms with Crippen LogP contribution < -0.4 is 4.74 Å². The van der Waals surface area contributed by atoms with Crippen LogP contribution in [-0.2, 0) is 0 Å². The van der Waals surface area contributed by atoms with Gasteiger partial charge in [0.25, 0.3) is 0 Å². The second kappa shape index (κ2) is 6.10. The highest BCUT2D eigenvalue weighted by Gasteiger charge is 2.01. The van der Waals surface area contributed by atoms with Crippen LogP contribution in [0.1, 0.15) is 31.9 Å². The van der Waals surface area contributed by atoms with E-state index in [-0.39, 0.29) is 0 Å². The molecule has 0 bridgehead atoms. The third-order valence-electron chi connectivity index (χ3n) is 2.01. The molecule has 0 aliphatic heterocycles. The molecule has 1 atom stereocenters. The Morgan fingerprint density at radius 1 is 1.47 bits per heavy atom. The van der Waals surface area contributed by atoms with E-state index in [1.54, 1.807) is 6.92 Å². The molecule has 2 heteroatoms. The molecular formula is C13H16O2. The van der Waals surface area contributed by atoms with Crippen LogP contribution in [0.15, 0.2) is 24.3 Å². The van der Waals surface area contributed by atoms with Crippen LogP contribution in [0.5, 0.6) is 5.75 Å². The van der Waals surface area contributed by atoms with Crippen molar-refractivity contribution in [2.24, 2.45) is 0 Å². The third kappa shape index (κ3) is 4.05. The Balaban J connectivity index is 2.53. The third-order valence-corrected chi connectivity index (χ3v) is 2.01. The standard InChI is InChI=1S/C13H16O2/c1-3-4-5-9-15-13-8-6-7-12(10-13)11(2)14/h6-8,10-11,14H,5,9H2,1-2H3. The monoisotopic (exact) mass is 204 g/mol. The van der Waals surface area contributed by atoms with Crippen molar-refractivity contribution in [1.29, 1.82) is 0 Å². The van der Waals surface area contributed by atoms with E-state index in [1.165, 1.54) is 0 Å². The van der Waals surface area contributed by atoms with Crippen LogP contribution in [-0.4, -0.2) is 11.7 Å². The smallest absolute Gasteiger partial charge is 0.119 e. The minimum Gasteiger partial charge on any atom is -0.493 e. The number of aliphatic hydroxyl groups is 1. The Morgan fingerprint density at radius 2 is 2.27 bits per heavy atom. The normalized spacial score (nSPS) is 11.4. The van der Waals surface area contributed by atoms with Crippen molar-refractivity contribution in [2.75, 3.05) is 6.61 Å². The zero-order valence-corrected chi connectivity index (χ0v) is 9.16. The van der Waals surface area contributed by atoms with Gasteiger partial charge in [0, 0.05) is 6.42 Å². The molecule has 0 heterocycles. The molecule has 0 radical (unpaired) electrons. The lowest BCUT2D eigenvalue weighted by molar-refractivity contribution is 0.198. The maximum Gasteiger partial charge on any atom is 0.119 e. The molecule has 0 aliphatic rings. The molecular weight excluding hydrogens is 188 g/mol. The second-order valence-corrected chi connectivity index (χ2v) is 3.27. The average molecular weight is 204 g/mol. The molecule has 1 unspecified atom stereocenters. The molecule has 1 N–H and O–H groups in total. The molecule has 15 heavy (non-hydrogen) atoms. The molecule has 1 aromatic carbocycles. The van der Waals surface area contributed by atoms with Crippen molar-refractivity contribution in [2.45, 2.75) is 26.4 Å². The lowest BCUT2D eigenvalue weighted by Gasteiger charge is -2.08. The number of hydrogen-bond acceptors (Lipinski definition) is 2. The first-order valence-corrected chi connectivity index (χ1v) is 5.04. The first-order valence-electron chi connectivity index (χ1n) is 5.04. The SMILES string of the molecule is CC#CCCOc1cccc(C(C)O)c1. The fourth-order valence-electron chi connectivity index (χ4n) is 1.21. The first kappa shape index (κ1) is 11.6. The van der Waals surface area contributed by atoms with Gasteiger partial charge in [0.1, 0.15) is 5.75 Å². The van der Waals surface area contributed by atoms with Gasteiger partial charge in [-0.15, -0.1) is 11.8 Å². The van der Waals surface area contributed by atoms with E-state index in [4.69, 9.17) is 4.74 Å². The summed E-state index contributed by atoms with van der Waals surface area (Å²) in [5, 5.41) is 9.38. The topological polar surface area (TPSA) is 29.5 Å². The molecule has 0 saturated heterocycles. The maximum atomic E-state index is 9.38. The van der Waals surface area contributed by atoms with Crippen molar-refractivity contribution in [3.63, 3.8) is 0 Å². The van der Waals surface area contributed by atoms with Crippen molar-refractivity contribution in [3.8, 4) is 17.6 Å². The van der Waals surface area contributed by atoms with Crippen LogP contribution in [0.3, 0.4) is 0 Å². The van der Waals surface area contributed by atoms with Crippen molar-refractivity contribution in [1.82, 2.24) is 0 Å². The molecule has 1 aromatic rings. The largest absolute Gasteiger partial charge is 0.493 e. The zero-order valence-electron chi connectivity index (χ0n) is 9.16. The van der Waals surface area contributed by atoms with E-state index >= 15 is 0 Å². The number of ether oxygens (including phenoxy) is 1. The number of hydrogen-bond donors (Lipinski definition) is 1. The molecule has 0 saturated carbocycles. The van der Waals surface area contributed by atoms with Crippen LogP contribution >= 0.6 is 0 Å². The van der Waals surface area contributed by atoms with Gasteiger partial charge in [0.05, 0.1) is 12.7 Å². The van der Waals surface area contributed by atoms with Gasteiger partial charge in [-0.3, -0.25) is 0 Å². The Hall–Kier alpha value is -1.46. The molecule has 0 aromatic heterocycles. The lowest BCUT2D eigenvalue weighted by Crippen LogP contribution is -1.97. The summed E-state index contributed by atoms with van der Waals surface area (Å²) in [6, 6.07) is 7.49. The molecule has 1 rings (SSSR count). The van der Waals surface area contributed by atoms with Crippen LogP contribution in [0.4, 0.5) is 0 Å². The van der Waals surface area contributed by atoms with Gasteiger partial charge in [0.15, 0.2) is 0 Å². The molecule has 0 spiro atoms. The molecule has 0 fully saturated rings. The molecule has 80 valence electrons. The summed E-state index contributed by atoms with van der Waals surface area (Å²) in [7, 11) is 0. The summed E-state index contributed by atoms with van der Waals surface area (Å²) >= 11 is 0. The van der Waals surface area contributed by atoms with Crippen LogP contribution in [0, 0.1) is 11.8 Å². The van der Waals surface area contributed by atoms with E-state index in [9.17, 15) is 5.11 Å². The fraction of sp³-hybridized carbons (Fsp3) is 0.385. The summed E-state index contributed by atoms with van der Waals surface area (Å²) in [4.78, 5) is 0. The van der Waals surface area contributed by atoms with Gasteiger partial charge in [-0.2, -0.15) is 0 Å². The van der Waals surface area contributed by atoms with Crippen LogP contribution in [0.2, 0.25) is 0 Å². The van der Waals surface area contributed by atoms with Gasteiger partial charge < -0.3 is 9.84 Å². The molecule has 0 amide bonds. The quantitative estimate of drug-likeness (QED) is 0.603. The highest BCUT2D eigenvalue weighted by Crippen LogP contribution is 2.18. The summed E-state index contributed by atoms with van der Waals surface area (Å²) in [6.45, 7) is 4.14. The number of aliphatic hydroxyl groups excluding tert-OH is 1. The van der Waals surface area contributed by atoms with E-state index < -0.39 is 6.10 Å². The van der Waals surface area contributed by atoms with Gasteiger partial charge in [-0.1, -0.05) is 12.1 Å². The Bertz CT molecular complexity index is 358. The highest BCUT2D eigenvalue weighted by molar-refractivity contribution is 5.29. The van der Waals surface area contributed by atoms with E-state index in [0.29, 0.717) is 6.61 Å². The first-order chi connectivity index (χ1) is 7.24. The Morgan fingerprint density at radius 3 is 2.93 bits per heavy atom. The zero-order chi connectivity index (χ0) is 11.1. The van der Waals surface area contributed by atoms with E-state index in [2.05, 4.69) is 11.8 Å². The summed E-state index contributed by atoms with van der Waals surface area (Å²) in [5.41, 5.74) is 0.870. The summed E-state index contributed by atoms with van der Waals surface area (Å²) < 4.78 is 5.49. The van der Waals surface area contributed by atoms with Crippen LogP contribution in [0.25, 0.3) is 0 Å².